The van der Waals surface area contributed by atoms with Gasteiger partial charge in [0.25, 0.3) is 0 Å². The maximum Gasteiger partial charge on any atom is 0.190 e. The van der Waals surface area contributed by atoms with Crippen molar-refractivity contribution in [2.45, 2.75) is 20.0 Å². The molecule has 148 valence electrons. The van der Waals surface area contributed by atoms with E-state index in [1.165, 1.54) is 5.56 Å². The number of aliphatic imine (C=N–C) groups is 1. The molecule has 0 radical (unpaired) electrons. The van der Waals surface area contributed by atoms with Crippen molar-refractivity contribution in [1.82, 2.24) is 20.0 Å². The van der Waals surface area contributed by atoms with Gasteiger partial charge in [0, 0.05) is 39.0 Å². The Morgan fingerprint density at radius 3 is 2.75 bits per heavy atom. The van der Waals surface area contributed by atoms with Crippen LogP contribution in [-0.4, -0.2) is 42.1 Å². The second-order valence-electron chi connectivity index (χ2n) is 6.93. The highest BCUT2D eigenvalue weighted by Crippen LogP contribution is 2.05. The number of rotatable bonds is 9. The minimum absolute atomic E-state index is 0.390. The number of aromatic nitrogens is 2. The number of ether oxygens (including phenoxy) is 1. The lowest BCUT2D eigenvalue weighted by atomic mass is 10.2. The molecule has 0 spiro atoms. The SMILES string of the molecule is CN=C(NCCc1cn2ccccc2n1)NCC(C)COCc1ccccc1. The first-order valence-electron chi connectivity index (χ1n) is 9.73. The fourth-order valence-electron chi connectivity index (χ4n) is 2.92. The quantitative estimate of drug-likeness (QED) is 0.443. The summed E-state index contributed by atoms with van der Waals surface area (Å²) in [5.41, 5.74) is 3.24. The van der Waals surface area contributed by atoms with Crippen LogP contribution >= 0.6 is 0 Å². The molecule has 1 atom stereocenters. The lowest BCUT2D eigenvalue weighted by molar-refractivity contribution is 0.0931. The molecule has 2 N–H and O–H groups in total. The van der Waals surface area contributed by atoms with Gasteiger partial charge >= 0.3 is 0 Å². The van der Waals surface area contributed by atoms with Crippen LogP contribution < -0.4 is 10.6 Å². The van der Waals surface area contributed by atoms with Gasteiger partial charge in [-0.25, -0.2) is 4.98 Å². The van der Waals surface area contributed by atoms with Gasteiger partial charge in [-0.05, 0) is 23.6 Å². The van der Waals surface area contributed by atoms with Crippen LogP contribution in [0.5, 0.6) is 0 Å². The predicted octanol–water partition coefficient (Wildman–Crippen LogP) is 2.89. The minimum Gasteiger partial charge on any atom is -0.376 e. The van der Waals surface area contributed by atoms with Crippen LogP contribution in [-0.2, 0) is 17.8 Å². The van der Waals surface area contributed by atoms with Gasteiger partial charge in [-0.15, -0.1) is 0 Å². The van der Waals surface area contributed by atoms with E-state index in [1.807, 2.05) is 47.0 Å². The van der Waals surface area contributed by atoms with Crippen molar-refractivity contribution in [3.8, 4) is 0 Å². The molecule has 0 aliphatic rings. The molecule has 0 aliphatic carbocycles. The molecule has 0 bridgehead atoms. The van der Waals surface area contributed by atoms with E-state index in [0.29, 0.717) is 19.1 Å². The molecule has 1 unspecified atom stereocenters. The maximum atomic E-state index is 5.80. The number of hydrogen-bond donors (Lipinski definition) is 2. The van der Waals surface area contributed by atoms with Gasteiger partial charge in [0.15, 0.2) is 5.96 Å². The summed E-state index contributed by atoms with van der Waals surface area (Å²) >= 11 is 0. The molecule has 6 nitrogen and oxygen atoms in total. The van der Waals surface area contributed by atoms with Gasteiger partial charge < -0.3 is 19.8 Å². The van der Waals surface area contributed by atoms with Crippen molar-refractivity contribution in [2.24, 2.45) is 10.9 Å². The van der Waals surface area contributed by atoms with Crippen molar-refractivity contribution >= 4 is 11.6 Å². The molecule has 0 saturated heterocycles. The standard InChI is InChI=1S/C22H29N5O/c1-18(16-28-17-19-8-4-3-5-9-19)14-25-22(23-2)24-12-11-20-15-27-13-7-6-10-21(27)26-20/h3-10,13,15,18H,11-12,14,16-17H2,1-2H3,(H2,23,24,25). The molecule has 6 heteroatoms. The summed E-state index contributed by atoms with van der Waals surface area (Å²) in [7, 11) is 1.79. The molecule has 0 fully saturated rings. The van der Waals surface area contributed by atoms with Crippen LogP contribution in [0.3, 0.4) is 0 Å². The average Bonchev–Trinajstić information content (AvgIpc) is 3.14. The highest BCUT2D eigenvalue weighted by Gasteiger charge is 2.06. The van der Waals surface area contributed by atoms with E-state index >= 15 is 0 Å². The Morgan fingerprint density at radius 2 is 1.96 bits per heavy atom. The average molecular weight is 380 g/mol. The van der Waals surface area contributed by atoms with E-state index < -0.39 is 0 Å². The molecule has 0 amide bonds. The number of fused-ring (bicyclic) bond motifs is 1. The topological polar surface area (TPSA) is 63.0 Å². The summed E-state index contributed by atoms with van der Waals surface area (Å²) in [6, 6.07) is 16.3. The van der Waals surface area contributed by atoms with Crippen molar-refractivity contribution in [1.29, 1.82) is 0 Å². The van der Waals surface area contributed by atoms with E-state index in [4.69, 9.17) is 4.74 Å². The van der Waals surface area contributed by atoms with Gasteiger partial charge in [-0.3, -0.25) is 4.99 Å². The highest BCUT2D eigenvalue weighted by atomic mass is 16.5. The first-order chi connectivity index (χ1) is 13.7. The Morgan fingerprint density at radius 1 is 1.14 bits per heavy atom. The van der Waals surface area contributed by atoms with E-state index in [-0.39, 0.29) is 0 Å². The molecule has 3 aromatic rings. The first kappa shape index (κ1) is 19.9. The fourth-order valence-corrected chi connectivity index (χ4v) is 2.92. The third kappa shape index (κ3) is 6.09. The van der Waals surface area contributed by atoms with Crippen LogP contribution in [0, 0.1) is 5.92 Å². The van der Waals surface area contributed by atoms with Gasteiger partial charge in [0.05, 0.1) is 18.9 Å². The largest absolute Gasteiger partial charge is 0.376 e. The van der Waals surface area contributed by atoms with Gasteiger partial charge in [-0.1, -0.05) is 43.3 Å². The summed E-state index contributed by atoms with van der Waals surface area (Å²) in [5.74, 6) is 1.19. The predicted molar refractivity (Wildman–Crippen MR) is 114 cm³/mol. The number of guanidine groups is 1. The van der Waals surface area contributed by atoms with Gasteiger partial charge in [0.2, 0.25) is 0 Å². The highest BCUT2D eigenvalue weighted by molar-refractivity contribution is 5.79. The molecule has 28 heavy (non-hydrogen) atoms. The molecule has 2 aromatic heterocycles. The molecule has 2 heterocycles. The Balaban J connectivity index is 1.33. The Bertz CT molecular complexity index is 842. The summed E-state index contributed by atoms with van der Waals surface area (Å²) in [6.45, 7) is 5.12. The van der Waals surface area contributed by atoms with E-state index in [1.54, 1.807) is 7.05 Å². The van der Waals surface area contributed by atoms with Gasteiger partial charge in [0.1, 0.15) is 5.65 Å². The zero-order chi connectivity index (χ0) is 19.6. The number of nitrogens with one attached hydrogen (secondary N) is 2. The van der Waals surface area contributed by atoms with Crippen molar-refractivity contribution in [2.75, 3.05) is 26.7 Å². The second kappa shape index (κ2) is 10.5. The zero-order valence-electron chi connectivity index (χ0n) is 16.6. The van der Waals surface area contributed by atoms with Crippen LogP contribution in [0.2, 0.25) is 0 Å². The number of nitrogens with zero attached hydrogens (tertiary/aromatic N) is 3. The normalized spacial score (nSPS) is 12.9. The summed E-state index contributed by atoms with van der Waals surface area (Å²) < 4.78 is 7.85. The number of benzene rings is 1. The summed E-state index contributed by atoms with van der Waals surface area (Å²) in [4.78, 5) is 8.90. The third-order valence-corrected chi connectivity index (χ3v) is 4.44. The minimum atomic E-state index is 0.390. The summed E-state index contributed by atoms with van der Waals surface area (Å²) in [5, 5.41) is 6.71. The molecule has 1 aromatic carbocycles. The van der Waals surface area contributed by atoms with Crippen LogP contribution in [0.4, 0.5) is 0 Å². The van der Waals surface area contributed by atoms with E-state index in [9.17, 15) is 0 Å². The maximum absolute atomic E-state index is 5.80. The second-order valence-corrected chi connectivity index (χ2v) is 6.93. The Labute approximate surface area is 166 Å². The number of pyridine rings is 1. The number of imidazole rings is 1. The number of hydrogen-bond acceptors (Lipinski definition) is 3. The van der Waals surface area contributed by atoms with Crippen LogP contribution in [0.25, 0.3) is 5.65 Å². The molecule has 0 aliphatic heterocycles. The molecule has 3 rings (SSSR count). The van der Waals surface area contributed by atoms with Crippen molar-refractivity contribution in [3.05, 3.63) is 72.2 Å². The first-order valence-corrected chi connectivity index (χ1v) is 9.73. The molecule has 0 saturated carbocycles. The lowest BCUT2D eigenvalue weighted by Gasteiger charge is -2.16. The van der Waals surface area contributed by atoms with E-state index in [2.05, 4.69) is 45.9 Å². The Kier molecular flexibility index (Phi) is 7.44. The zero-order valence-corrected chi connectivity index (χ0v) is 16.6. The van der Waals surface area contributed by atoms with Gasteiger partial charge in [-0.2, -0.15) is 0 Å². The monoisotopic (exact) mass is 379 g/mol. The molecular weight excluding hydrogens is 350 g/mol. The summed E-state index contributed by atoms with van der Waals surface area (Å²) in [6.07, 6.45) is 4.93. The fraction of sp³-hybridized carbons (Fsp3) is 0.364. The van der Waals surface area contributed by atoms with E-state index in [0.717, 1.165) is 36.8 Å². The van der Waals surface area contributed by atoms with Crippen LogP contribution in [0.15, 0.2) is 65.9 Å². The molecular formula is C22H29N5O. The van der Waals surface area contributed by atoms with Crippen molar-refractivity contribution < 1.29 is 4.74 Å². The van der Waals surface area contributed by atoms with Crippen molar-refractivity contribution in [3.63, 3.8) is 0 Å². The van der Waals surface area contributed by atoms with Crippen LogP contribution in [0.1, 0.15) is 18.2 Å². The third-order valence-electron chi connectivity index (χ3n) is 4.44. The lowest BCUT2D eigenvalue weighted by Crippen LogP contribution is -2.40. The Hall–Kier alpha value is -2.86. The smallest absolute Gasteiger partial charge is 0.190 e.